The van der Waals surface area contributed by atoms with Gasteiger partial charge in [-0.25, -0.2) is 0 Å². The maximum atomic E-state index is 11.6. The van der Waals surface area contributed by atoms with E-state index in [4.69, 9.17) is 0 Å². The van der Waals surface area contributed by atoms with Crippen LogP contribution in [0, 0.1) is 0 Å². The molecule has 0 aromatic carbocycles. The van der Waals surface area contributed by atoms with Crippen LogP contribution in [0.5, 0.6) is 0 Å². The average molecular weight is 208 g/mol. The van der Waals surface area contributed by atoms with E-state index >= 15 is 0 Å². The summed E-state index contributed by atoms with van der Waals surface area (Å²) in [5, 5.41) is 0. The molecule has 1 nitrogen and oxygen atoms in total. The lowest BCUT2D eigenvalue weighted by molar-refractivity contribution is 0.682. The van der Waals surface area contributed by atoms with Crippen molar-refractivity contribution in [1.29, 1.82) is 0 Å². The van der Waals surface area contributed by atoms with Crippen molar-refractivity contribution in [3.8, 4) is 0 Å². The SMILES string of the molecule is C[Si](C)(C)[C@H]1SCCC[S@@]1=O. The minimum atomic E-state index is -1.16. The Balaban J connectivity index is 2.62. The molecule has 0 aromatic heterocycles. The zero-order chi connectivity index (χ0) is 8.48. The average Bonchev–Trinajstić information content (AvgIpc) is 1.86. The molecule has 0 spiro atoms. The first-order chi connectivity index (χ1) is 5.02. The van der Waals surface area contributed by atoms with E-state index in [1.54, 1.807) is 0 Å². The molecule has 1 fully saturated rings. The highest BCUT2D eigenvalue weighted by molar-refractivity contribution is 8.14. The Kier molecular flexibility index (Phi) is 3.23. The summed E-state index contributed by atoms with van der Waals surface area (Å²) in [7, 11) is -1.68. The van der Waals surface area contributed by atoms with Crippen molar-refractivity contribution in [1.82, 2.24) is 0 Å². The Hall–Kier alpha value is 0.717. The highest BCUT2D eigenvalue weighted by Crippen LogP contribution is 2.29. The zero-order valence-electron chi connectivity index (χ0n) is 7.42. The van der Waals surface area contributed by atoms with Gasteiger partial charge in [-0.1, -0.05) is 19.6 Å². The van der Waals surface area contributed by atoms with Gasteiger partial charge in [0.05, 0.1) is 12.3 Å². The van der Waals surface area contributed by atoms with Crippen LogP contribution in [0.2, 0.25) is 19.6 Å². The first-order valence-electron chi connectivity index (χ1n) is 4.00. The fourth-order valence-electron chi connectivity index (χ4n) is 1.22. The van der Waals surface area contributed by atoms with Gasteiger partial charge in [-0.15, -0.1) is 11.8 Å². The van der Waals surface area contributed by atoms with Gasteiger partial charge >= 0.3 is 0 Å². The van der Waals surface area contributed by atoms with Gasteiger partial charge in [0.1, 0.15) is 0 Å². The molecule has 1 rings (SSSR count). The molecule has 0 unspecified atom stereocenters. The minimum absolute atomic E-state index is 0.497. The molecular formula is C7H16OS2Si. The first kappa shape index (κ1) is 9.80. The minimum Gasteiger partial charge on any atom is -0.259 e. The maximum absolute atomic E-state index is 11.6. The molecule has 1 heterocycles. The van der Waals surface area contributed by atoms with Crippen molar-refractivity contribution in [2.45, 2.75) is 30.3 Å². The summed E-state index contributed by atoms with van der Waals surface area (Å²) < 4.78 is 12.1. The van der Waals surface area contributed by atoms with Gasteiger partial charge < -0.3 is 0 Å². The fraction of sp³-hybridized carbons (Fsp3) is 1.00. The standard InChI is InChI=1S/C7H16OS2Si/c1-11(2,3)7-9-5-4-6-10(7)8/h7H,4-6H2,1-3H3/t7-,10-/m0/s1. The summed E-state index contributed by atoms with van der Waals surface area (Å²) in [5.41, 5.74) is 0. The molecule has 0 amide bonds. The van der Waals surface area contributed by atoms with Gasteiger partial charge in [-0.2, -0.15) is 0 Å². The third kappa shape index (κ3) is 2.59. The number of thioether (sulfide) groups is 1. The van der Waals surface area contributed by atoms with E-state index in [0.29, 0.717) is 4.21 Å². The normalized spacial score (nSPS) is 33.7. The van der Waals surface area contributed by atoms with Gasteiger partial charge in [0, 0.05) is 16.6 Å². The van der Waals surface area contributed by atoms with E-state index in [9.17, 15) is 4.21 Å². The summed E-state index contributed by atoms with van der Waals surface area (Å²) >= 11 is 1.94. The second-order valence-corrected chi connectivity index (χ2v) is 13.3. The Morgan fingerprint density at radius 2 is 2.09 bits per heavy atom. The van der Waals surface area contributed by atoms with Crippen molar-refractivity contribution >= 4 is 30.6 Å². The molecule has 2 atom stereocenters. The highest BCUT2D eigenvalue weighted by atomic mass is 32.2. The zero-order valence-corrected chi connectivity index (χ0v) is 10.1. The van der Waals surface area contributed by atoms with Gasteiger partial charge in [0.15, 0.2) is 0 Å². The molecule has 0 radical (unpaired) electrons. The highest BCUT2D eigenvalue weighted by Gasteiger charge is 2.33. The Labute approximate surface area is 76.8 Å². The van der Waals surface area contributed by atoms with Crippen LogP contribution in [0.25, 0.3) is 0 Å². The Morgan fingerprint density at radius 3 is 2.45 bits per heavy atom. The molecule has 0 N–H and O–H groups in total. The molecule has 0 saturated carbocycles. The molecule has 0 aromatic rings. The molecule has 0 bridgehead atoms. The van der Waals surface area contributed by atoms with Gasteiger partial charge in [0.25, 0.3) is 0 Å². The van der Waals surface area contributed by atoms with Crippen LogP contribution in [0.1, 0.15) is 6.42 Å². The van der Waals surface area contributed by atoms with Gasteiger partial charge in [0.2, 0.25) is 0 Å². The quantitative estimate of drug-likeness (QED) is 0.614. The fourth-order valence-corrected chi connectivity index (χ4v) is 9.62. The molecule has 1 saturated heterocycles. The molecule has 66 valence electrons. The molecule has 1 aliphatic rings. The smallest absolute Gasteiger partial charge is 0.0746 e. The maximum Gasteiger partial charge on any atom is 0.0746 e. The van der Waals surface area contributed by atoms with Gasteiger partial charge in [-0.3, -0.25) is 4.21 Å². The molecular weight excluding hydrogens is 192 g/mol. The van der Waals surface area contributed by atoms with Gasteiger partial charge in [-0.05, 0) is 12.2 Å². The van der Waals surface area contributed by atoms with Crippen LogP contribution in [0.4, 0.5) is 0 Å². The number of hydrogen-bond acceptors (Lipinski definition) is 2. The second kappa shape index (κ2) is 3.62. The molecule has 1 aliphatic heterocycles. The molecule has 11 heavy (non-hydrogen) atoms. The van der Waals surface area contributed by atoms with E-state index in [2.05, 4.69) is 19.6 Å². The van der Waals surface area contributed by atoms with Crippen molar-refractivity contribution < 1.29 is 4.21 Å². The van der Waals surface area contributed by atoms with Crippen LogP contribution < -0.4 is 0 Å². The summed E-state index contributed by atoms with van der Waals surface area (Å²) in [5.74, 6) is 2.17. The van der Waals surface area contributed by atoms with E-state index in [-0.39, 0.29) is 0 Å². The monoisotopic (exact) mass is 208 g/mol. The predicted molar refractivity (Wildman–Crippen MR) is 57.2 cm³/mol. The summed E-state index contributed by atoms with van der Waals surface area (Å²) in [6, 6.07) is 0. The predicted octanol–water partition coefficient (Wildman–Crippen LogP) is 2.08. The van der Waals surface area contributed by atoms with E-state index in [1.807, 2.05) is 11.8 Å². The largest absolute Gasteiger partial charge is 0.259 e. The van der Waals surface area contributed by atoms with Crippen molar-refractivity contribution in [3.63, 3.8) is 0 Å². The van der Waals surface area contributed by atoms with Crippen LogP contribution in [-0.2, 0) is 10.8 Å². The van der Waals surface area contributed by atoms with Crippen molar-refractivity contribution in [2.75, 3.05) is 11.5 Å². The summed E-state index contributed by atoms with van der Waals surface area (Å²) in [6.45, 7) is 6.94. The van der Waals surface area contributed by atoms with Crippen LogP contribution in [0.15, 0.2) is 0 Å². The lowest BCUT2D eigenvalue weighted by Gasteiger charge is -2.30. The summed E-state index contributed by atoms with van der Waals surface area (Å²) in [6.07, 6.45) is 1.15. The Bertz CT molecular complexity index is 164. The molecule has 4 heteroatoms. The van der Waals surface area contributed by atoms with Crippen molar-refractivity contribution in [3.05, 3.63) is 0 Å². The number of hydrogen-bond donors (Lipinski definition) is 0. The van der Waals surface area contributed by atoms with E-state index < -0.39 is 18.9 Å². The topological polar surface area (TPSA) is 17.1 Å². The Morgan fingerprint density at radius 1 is 1.45 bits per heavy atom. The first-order valence-corrected chi connectivity index (χ1v) is 10.0. The van der Waals surface area contributed by atoms with Crippen LogP contribution in [0.3, 0.4) is 0 Å². The van der Waals surface area contributed by atoms with Crippen molar-refractivity contribution in [2.24, 2.45) is 0 Å². The lowest BCUT2D eigenvalue weighted by Crippen LogP contribution is -2.41. The molecule has 0 aliphatic carbocycles. The lowest BCUT2D eigenvalue weighted by atomic mass is 10.6. The van der Waals surface area contributed by atoms with E-state index in [1.165, 1.54) is 5.75 Å². The third-order valence-corrected chi connectivity index (χ3v) is 11.7. The third-order valence-electron chi connectivity index (χ3n) is 1.70. The summed E-state index contributed by atoms with van der Waals surface area (Å²) in [4.78, 5) is 0. The van der Waals surface area contributed by atoms with E-state index in [0.717, 1.165) is 12.2 Å². The van der Waals surface area contributed by atoms with Crippen LogP contribution >= 0.6 is 11.8 Å². The van der Waals surface area contributed by atoms with Crippen LogP contribution in [-0.4, -0.2) is 28.0 Å². The second-order valence-electron chi connectivity index (χ2n) is 4.01. The number of rotatable bonds is 1.